The van der Waals surface area contributed by atoms with E-state index in [0.717, 1.165) is 5.56 Å². The third-order valence-corrected chi connectivity index (χ3v) is 4.28. The van der Waals surface area contributed by atoms with Gasteiger partial charge in [-0.25, -0.2) is 0 Å². The van der Waals surface area contributed by atoms with Gasteiger partial charge in [-0.2, -0.15) is 18.2 Å². The van der Waals surface area contributed by atoms with E-state index in [2.05, 4.69) is 10.1 Å². The van der Waals surface area contributed by atoms with Crippen LogP contribution in [0.25, 0.3) is 0 Å². The summed E-state index contributed by atoms with van der Waals surface area (Å²) in [5.41, 5.74) is -1.54. The number of piperidine rings is 1. The van der Waals surface area contributed by atoms with Gasteiger partial charge in [0.25, 0.3) is 0 Å². The summed E-state index contributed by atoms with van der Waals surface area (Å²) in [6.45, 7) is 0.587. The molecule has 1 N–H and O–H groups in total. The smallest absolute Gasteiger partial charge is 0.380 e. The molecular formula is C16H18F3N3O2. The zero-order valence-corrected chi connectivity index (χ0v) is 13.0. The SMILES string of the molecule is OC1(C(F)(F)F)CCN(Cc2noc(Cc3ccccc3)n2)CC1. The van der Waals surface area contributed by atoms with Gasteiger partial charge in [0.1, 0.15) is 0 Å². The molecule has 1 fully saturated rings. The first-order chi connectivity index (χ1) is 11.4. The Kier molecular flexibility index (Phi) is 4.60. The van der Waals surface area contributed by atoms with E-state index < -0.39 is 11.8 Å². The van der Waals surface area contributed by atoms with Crippen LogP contribution in [0, 0.1) is 0 Å². The number of aromatic nitrogens is 2. The van der Waals surface area contributed by atoms with Gasteiger partial charge in [0.15, 0.2) is 11.4 Å². The first-order valence-corrected chi connectivity index (χ1v) is 7.73. The molecule has 0 saturated carbocycles. The Labute approximate surface area is 137 Å². The van der Waals surface area contributed by atoms with Gasteiger partial charge in [-0.3, -0.25) is 4.90 Å². The molecule has 1 saturated heterocycles. The average molecular weight is 341 g/mol. The highest BCUT2D eigenvalue weighted by Crippen LogP contribution is 2.38. The Hall–Kier alpha value is -1.93. The van der Waals surface area contributed by atoms with Crippen molar-refractivity contribution in [2.24, 2.45) is 0 Å². The number of rotatable bonds is 4. The quantitative estimate of drug-likeness (QED) is 0.926. The lowest BCUT2D eigenvalue weighted by Gasteiger charge is -2.38. The number of alkyl halides is 3. The second kappa shape index (κ2) is 6.52. The molecule has 0 atom stereocenters. The van der Waals surface area contributed by atoms with Gasteiger partial charge in [-0.1, -0.05) is 35.5 Å². The molecule has 2 heterocycles. The van der Waals surface area contributed by atoms with Crippen LogP contribution in [0.15, 0.2) is 34.9 Å². The van der Waals surface area contributed by atoms with Gasteiger partial charge in [0, 0.05) is 13.1 Å². The monoisotopic (exact) mass is 341 g/mol. The molecule has 0 radical (unpaired) electrons. The Morgan fingerprint density at radius 3 is 2.46 bits per heavy atom. The maximum atomic E-state index is 12.8. The summed E-state index contributed by atoms with van der Waals surface area (Å²) in [5.74, 6) is 0.915. The molecule has 1 aromatic carbocycles. The van der Waals surface area contributed by atoms with E-state index in [9.17, 15) is 18.3 Å². The van der Waals surface area contributed by atoms with Crippen LogP contribution in [0.2, 0.25) is 0 Å². The van der Waals surface area contributed by atoms with Crippen molar-refractivity contribution in [2.45, 2.75) is 37.6 Å². The molecule has 1 aromatic heterocycles. The lowest BCUT2D eigenvalue weighted by molar-refractivity contribution is -0.272. The Morgan fingerprint density at radius 2 is 1.83 bits per heavy atom. The molecule has 2 aromatic rings. The lowest BCUT2D eigenvalue weighted by Crippen LogP contribution is -2.53. The van der Waals surface area contributed by atoms with Crippen LogP contribution in [0.4, 0.5) is 13.2 Å². The van der Waals surface area contributed by atoms with Crippen molar-refractivity contribution in [1.29, 1.82) is 0 Å². The van der Waals surface area contributed by atoms with Crippen molar-refractivity contribution >= 4 is 0 Å². The van der Waals surface area contributed by atoms with Gasteiger partial charge in [-0.05, 0) is 18.4 Å². The van der Waals surface area contributed by atoms with Crippen LogP contribution in [0.5, 0.6) is 0 Å². The molecule has 0 amide bonds. The van der Waals surface area contributed by atoms with Crippen LogP contribution in [-0.4, -0.2) is 45.0 Å². The minimum absolute atomic E-state index is 0.137. The minimum atomic E-state index is -4.59. The van der Waals surface area contributed by atoms with E-state index in [4.69, 9.17) is 4.52 Å². The van der Waals surface area contributed by atoms with Crippen LogP contribution in [-0.2, 0) is 13.0 Å². The fourth-order valence-electron chi connectivity index (χ4n) is 2.76. The van der Waals surface area contributed by atoms with Gasteiger partial charge in [0.05, 0.1) is 13.0 Å². The largest absolute Gasteiger partial charge is 0.417 e. The summed E-state index contributed by atoms with van der Waals surface area (Å²) in [7, 11) is 0. The van der Waals surface area contributed by atoms with E-state index in [1.165, 1.54) is 0 Å². The predicted molar refractivity (Wildman–Crippen MR) is 79.1 cm³/mol. The van der Waals surface area contributed by atoms with E-state index in [-0.39, 0.29) is 25.9 Å². The first-order valence-electron chi connectivity index (χ1n) is 7.73. The Bertz CT molecular complexity index is 665. The van der Waals surface area contributed by atoms with Crippen molar-refractivity contribution in [3.8, 4) is 0 Å². The van der Waals surface area contributed by atoms with Crippen LogP contribution in [0.3, 0.4) is 0 Å². The molecule has 0 aliphatic carbocycles. The van der Waals surface area contributed by atoms with E-state index >= 15 is 0 Å². The highest BCUT2D eigenvalue weighted by Gasteiger charge is 2.54. The molecule has 24 heavy (non-hydrogen) atoms. The first kappa shape index (κ1) is 16.9. The van der Waals surface area contributed by atoms with Gasteiger partial charge >= 0.3 is 6.18 Å². The molecule has 1 aliphatic heterocycles. The third kappa shape index (κ3) is 3.76. The molecule has 8 heteroatoms. The van der Waals surface area contributed by atoms with Crippen molar-refractivity contribution in [3.63, 3.8) is 0 Å². The van der Waals surface area contributed by atoms with E-state index in [1.54, 1.807) is 4.90 Å². The van der Waals surface area contributed by atoms with Gasteiger partial charge in [-0.15, -0.1) is 0 Å². The number of halogens is 3. The third-order valence-electron chi connectivity index (χ3n) is 4.28. The van der Waals surface area contributed by atoms with Crippen molar-refractivity contribution in [2.75, 3.05) is 13.1 Å². The number of nitrogens with zero attached hydrogens (tertiary/aromatic N) is 3. The molecule has 5 nitrogen and oxygen atoms in total. The van der Waals surface area contributed by atoms with Gasteiger partial charge in [0.2, 0.25) is 5.89 Å². The van der Waals surface area contributed by atoms with Crippen molar-refractivity contribution in [1.82, 2.24) is 15.0 Å². The molecule has 1 aliphatic rings. The number of likely N-dealkylation sites (tertiary alicyclic amines) is 1. The Balaban J connectivity index is 1.55. The summed E-state index contributed by atoms with van der Waals surface area (Å²) >= 11 is 0. The topological polar surface area (TPSA) is 62.4 Å². The zero-order valence-electron chi connectivity index (χ0n) is 13.0. The predicted octanol–water partition coefficient (Wildman–Crippen LogP) is 2.55. The summed E-state index contributed by atoms with van der Waals surface area (Å²) in [6.07, 6.45) is -4.76. The van der Waals surface area contributed by atoms with Crippen LogP contribution in [0.1, 0.15) is 30.1 Å². The second-order valence-corrected chi connectivity index (χ2v) is 6.07. The number of hydrogen-bond donors (Lipinski definition) is 1. The molecule has 0 bridgehead atoms. The summed E-state index contributed by atoms with van der Waals surface area (Å²) in [4.78, 5) is 6.07. The average Bonchev–Trinajstić information content (AvgIpc) is 2.97. The molecule has 3 rings (SSSR count). The standard InChI is InChI=1S/C16H18F3N3O2/c17-16(18,19)15(23)6-8-22(9-7-15)11-13-20-14(24-21-13)10-12-4-2-1-3-5-12/h1-5,23H,6-11H2. The summed E-state index contributed by atoms with van der Waals surface area (Å²) in [5, 5.41) is 13.5. The maximum absolute atomic E-state index is 12.8. The van der Waals surface area contributed by atoms with E-state index in [0.29, 0.717) is 24.7 Å². The Morgan fingerprint density at radius 1 is 1.17 bits per heavy atom. The maximum Gasteiger partial charge on any atom is 0.417 e. The molecule has 0 unspecified atom stereocenters. The highest BCUT2D eigenvalue weighted by molar-refractivity contribution is 5.17. The highest BCUT2D eigenvalue weighted by atomic mass is 19.4. The number of hydrogen-bond acceptors (Lipinski definition) is 5. The van der Waals surface area contributed by atoms with Crippen LogP contribution < -0.4 is 0 Å². The summed E-state index contributed by atoms with van der Waals surface area (Å²) < 4.78 is 43.5. The normalized spacial score (nSPS) is 18.7. The number of aliphatic hydroxyl groups is 1. The van der Waals surface area contributed by atoms with Crippen molar-refractivity contribution in [3.05, 3.63) is 47.6 Å². The van der Waals surface area contributed by atoms with E-state index in [1.807, 2.05) is 30.3 Å². The fourth-order valence-corrected chi connectivity index (χ4v) is 2.76. The fraction of sp³-hybridized carbons (Fsp3) is 0.500. The van der Waals surface area contributed by atoms with Crippen molar-refractivity contribution < 1.29 is 22.8 Å². The molecular weight excluding hydrogens is 323 g/mol. The number of benzene rings is 1. The second-order valence-electron chi connectivity index (χ2n) is 6.07. The van der Waals surface area contributed by atoms with Crippen LogP contribution >= 0.6 is 0 Å². The summed E-state index contributed by atoms with van der Waals surface area (Å²) in [6, 6.07) is 9.66. The van der Waals surface area contributed by atoms with Gasteiger partial charge < -0.3 is 9.63 Å². The molecule has 130 valence electrons. The molecule has 0 spiro atoms. The lowest BCUT2D eigenvalue weighted by atomic mass is 9.91. The zero-order chi connectivity index (χ0) is 17.2. The minimum Gasteiger partial charge on any atom is -0.380 e.